The van der Waals surface area contributed by atoms with Crippen LogP contribution in [0.15, 0.2) is 24.5 Å². The molecule has 1 aromatic heterocycles. The van der Waals surface area contributed by atoms with Crippen LogP contribution < -0.4 is 5.32 Å². The summed E-state index contributed by atoms with van der Waals surface area (Å²) in [5, 5.41) is 5.32. The van der Waals surface area contributed by atoms with Crippen LogP contribution in [0.4, 0.5) is 5.82 Å². The lowest BCUT2D eigenvalue weighted by Crippen LogP contribution is -2.42. The smallest absolute Gasteiger partial charge is 0.137 e. The zero-order chi connectivity index (χ0) is 14.8. The summed E-state index contributed by atoms with van der Waals surface area (Å²) >= 11 is 6.02. The molecular weight excluding hydrogens is 284 g/mol. The maximum absolute atomic E-state index is 6.02. The molecule has 21 heavy (non-hydrogen) atoms. The van der Waals surface area contributed by atoms with E-state index in [2.05, 4.69) is 34.0 Å². The SMILES string of the molecule is CC(C)N1CCC(Nc2ncnc3cc(Cl)ccc23)CC1. The lowest BCUT2D eigenvalue weighted by atomic mass is 10.0. The molecule has 1 fully saturated rings. The molecule has 0 saturated carbocycles. The van der Waals surface area contributed by atoms with Gasteiger partial charge in [0.25, 0.3) is 0 Å². The molecule has 0 radical (unpaired) electrons. The first-order valence-electron chi connectivity index (χ1n) is 7.54. The van der Waals surface area contributed by atoms with E-state index in [1.54, 1.807) is 6.33 Å². The molecule has 0 atom stereocenters. The lowest BCUT2D eigenvalue weighted by Gasteiger charge is -2.35. The predicted octanol–water partition coefficient (Wildman–Crippen LogP) is 3.57. The number of aromatic nitrogens is 2. The van der Waals surface area contributed by atoms with Gasteiger partial charge in [-0.25, -0.2) is 9.97 Å². The number of hydrogen-bond acceptors (Lipinski definition) is 4. The Kier molecular flexibility index (Phi) is 4.27. The zero-order valence-electron chi connectivity index (χ0n) is 12.5. The largest absolute Gasteiger partial charge is 0.367 e. The second kappa shape index (κ2) is 6.16. The maximum Gasteiger partial charge on any atom is 0.137 e. The van der Waals surface area contributed by atoms with E-state index in [9.17, 15) is 0 Å². The Morgan fingerprint density at radius 1 is 1.24 bits per heavy atom. The van der Waals surface area contributed by atoms with Gasteiger partial charge in [0.15, 0.2) is 0 Å². The van der Waals surface area contributed by atoms with E-state index in [0.717, 1.165) is 42.7 Å². The van der Waals surface area contributed by atoms with Crippen molar-refractivity contribution in [1.82, 2.24) is 14.9 Å². The molecule has 1 saturated heterocycles. The van der Waals surface area contributed by atoms with Crippen LogP contribution in [-0.2, 0) is 0 Å². The van der Waals surface area contributed by atoms with Crippen LogP contribution in [0.5, 0.6) is 0 Å². The van der Waals surface area contributed by atoms with Gasteiger partial charge >= 0.3 is 0 Å². The number of nitrogens with zero attached hydrogens (tertiary/aromatic N) is 3. The van der Waals surface area contributed by atoms with E-state index >= 15 is 0 Å². The van der Waals surface area contributed by atoms with Crippen molar-refractivity contribution >= 4 is 28.3 Å². The molecule has 112 valence electrons. The van der Waals surface area contributed by atoms with E-state index in [0.29, 0.717) is 17.1 Å². The molecule has 0 bridgehead atoms. The van der Waals surface area contributed by atoms with Gasteiger partial charge in [-0.15, -0.1) is 0 Å². The Morgan fingerprint density at radius 2 is 2.00 bits per heavy atom. The zero-order valence-corrected chi connectivity index (χ0v) is 13.3. The Bertz CT molecular complexity index is 621. The minimum absolute atomic E-state index is 0.480. The van der Waals surface area contributed by atoms with E-state index in [1.165, 1.54) is 0 Å². The summed E-state index contributed by atoms with van der Waals surface area (Å²) in [6, 6.07) is 6.87. The predicted molar refractivity (Wildman–Crippen MR) is 87.9 cm³/mol. The van der Waals surface area contributed by atoms with Crippen LogP contribution in [0.25, 0.3) is 10.9 Å². The van der Waals surface area contributed by atoms with Crippen molar-refractivity contribution in [3.63, 3.8) is 0 Å². The summed E-state index contributed by atoms with van der Waals surface area (Å²) in [5.41, 5.74) is 0.889. The number of benzene rings is 1. The molecule has 1 N–H and O–H groups in total. The van der Waals surface area contributed by atoms with Gasteiger partial charge in [0, 0.05) is 35.6 Å². The number of anilines is 1. The van der Waals surface area contributed by atoms with Crippen LogP contribution in [0.1, 0.15) is 26.7 Å². The molecule has 1 aliphatic rings. The minimum Gasteiger partial charge on any atom is -0.367 e. The quantitative estimate of drug-likeness (QED) is 0.941. The van der Waals surface area contributed by atoms with Crippen LogP contribution in [-0.4, -0.2) is 40.0 Å². The number of likely N-dealkylation sites (tertiary alicyclic amines) is 1. The number of halogens is 1. The second-order valence-corrected chi connectivity index (χ2v) is 6.37. The highest BCUT2D eigenvalue weighted by molar-refractivity contribution is 6.31. The number of hydrogen-bond donors (Lipinski definition) is 1. The van der Waals surface area contributed by atoms with E-state index in [-0.39, 0.29) is 0 Å². The van der Waals surface area contributed by atoms with Gasteiger partial charge in [0.2, 0.25) is 0 Å². The monoisotopic (exact) mass is 304 g/mol. The molecule has 0 unspecified atom stereocenters. The van der Waals surface area contributed by atoms with Crippen molar-refractivity contribution in [2.45, 2.75) is 38.8 Å². The van der Waals surface area contributed by atoms with E-state index < -0.39 is 0 Å². The van der Waals surface area contributed by atoms with E-state index in [4.69, 9.17) is 11.6 Å². The van der Waals surface area contributed by atoms with Crippen LogP contribution >= 0.6 is 11.6 Å². The van der Waals surface area contributed by atoms with Crippen molar-refractivity contribution in [3.8, 4) is 0 Å². The summed E-state index contributed by atoms with van der Waals surface area (Å²) in [5.74, 6) is 0.916. The Labute approximate surface area is 130 Å². The highest BCUT2D eigenvalue weighted by Gasteiger charge is 2.21. The second-order valence-electron chi connectivity index (χ2n) is 5.93. The Balaban J connectivity index is 1.74. The number of rotatable bonds is 3. The molecule has 0 amide bonds. The van der Waals surface area contributed by atoms with Gasteiger partial charge in [0.1, 0.15) is 12.1 Å². The summed E-state index contributed by atoms with van der Waals surface area (Å²) < 4.78 is 0. The van der Waals surface area contributed by atoms with Crippen molar-refractivity contribution < 1.29 is 0 Å². The first-order valence-corrected chi connectivity index (χ1v) is 7.92. The fourth-order valence-electron chi connectivity index (χ4n) is 2.90. The van der Waals surface area contributed by atoms with Crippen molar-refractivity contribution in [3.05, 3.63) is 29.5 Å². The average molecular weight is 305 g/mol. The lowest BCUT2D eigenvalue weighted by molar-refractivity contribution is 0.177. The molecule has 2 aromatic rings. The normalized spacial score (nSPS) is 17.5. The standard InChI is InChI=1S/C16H21ClN4/c1-11(2)21-7-5-13(6-8-21)20-16-14-4-3-12(17)9-15(14)18-10-19-16/h3-4,9-11,13H,5-8H2,1-2H3,(H,18,19,20). The molecule has 4 nitrogen and oxygen atoms in total. The third-order valence-electron chi connectivity index (χ3n) is 4.20. The summed E-state index contributed by atoms with van der Waals surface area (Å²) in [4.78, 5) is 11.2. The van der Waals surface area contributed by atoms with Gasteiger partial charge in [0.05, 0.1) is 5.52 Å². The molecule has 0 spiro atoms. The average Bonchev–Trinajstić information content (AvgIpc) is 2.47. The van der Waals surface area contributed by atoms with Crippen LogP contribution in [0, 0.1) is 0 Å². The number of piperidine rings is 1. The van der Waals surface area contributed by atoms with Crippen LogP contribution in [0.2, 0.25) is 5.02 Å². The summed E-state index contributed by atoms with van der Waals surface area (Å²) in [7, 11) is 0. The van der Waals surface area contributed by atoms with Gasteiger partial charge in [-0.2, -0.15) is 0 Å². The third kappa shape index (κ3) is 3.27. The van der Waals surface area contributed by atoms with Crippen molar-refractivity contribution in [2.24, 2.45) is 0 Å². The molecule has 1 aromatic carbocycles. The molecule has 0 aliphatic carbocycles. The van der Waals surface area contributed by atoms with Gasteiger partial charge in [-0.3, -0.25) is 0 Å². The van der Waals surface area contributed by atoms with E-state index in [1.807, 2.05) is 18.2 Å². The first kappa shape index (κ1) is 14.5. The Morgan fingerprint density at radius 3 is 2.71 bits per heavy atom. The fraction of sp³-hybridized carbons (Fsp3) is 0.500. The van der Waals surface area contributed by atoms with Gasteiger partial charge < -0.3 is 10.2 Å². The summed E-state index contributed by atoms with van der Waals surface area (Å²) in [6.07, 6.45) is 3.90. The topological polar surface area (TPSA) is 41.0 Å². The van der Waals surface area contributed by atoms with Crippen LogP contribution in [0.3, 0.4) is 0 Å². The molecule has 1 aliphatic heterocycles. The third-order valence-corrected chi connectivity index (χ3v) is 4.43. The molecule has 5 heteroatoms. The summed E-state index contributed by atoms with van der Waals surface area (Å²) in [6.45, 7) is 6.80. The molecular formula is C16H21ClN4. The highest BCUT2D eigenvalue weighted by atomic mass is 35.5. The molecule has 3 rings (SSSR count). The number of fused-ring (bicyclic) bond motifs is 1. The number of nitrogens with one attached hydrogen (secondary N) is 1. The Hall–Kier alpha value is -1.39. The fourth-order valence-corrected chi connectivity index (χ4v) is 3.07. The highest BCUT2D eigenvalue weighted by Crippen LogP contribution is 2.24. The van der Waals surface area contributed by atoms with Gasteiger partial charge in [-0.1, -0.05) is 11.6 Å². The van der Waals surface area contributed by atoms with Gasteiger partial charge in [-0.05, 0) is 44.9 Å². The maximum atomic E-state index is 6.02. The molecule has 2 heterocycles. The van der Waals surface area contributed by atoms with Crippen molar-refractivity contribution in [2.75, 3.05) is 18.4 Å². The van der Waals surface area contributed by atoms with Crippen molar-refractivity contribution in [1.29, 1.82) is 0 Å². The minimum atomic E-state index is 0.480. The first-order chi connectivity index (χ1) is 10.1.